The summed E-state index contributed by atoms with van der Waals surface area (Å²) in [6, 6.07) is 14.0. The van der Waals surface area contributed by atoms with Crippen LogP contribution in [0, 0.1) is 0 Å². The van der Waals surface area contributed by atoms with E-state index in [1.807, 2.05) is 30.3 Å². The average molecular weight is 415 g/mol. The number of nitrogens with one attached hydrogen (secondary N) is 1. The van der Waals surface area contributed by atoms with Gasteiger partial charge in [-0.15, -0.1) is 0 Å². The first-order chi connectivity index (χ1) is 15.2. The van der Waals surface area contributed by atoms with Crippen LogP contribution in [-0.2, 0) is 4.74 Å². The van der Waals surface area contributed by atoms with E-state index in [0.29, 0.717) is 11.7 Å². The third-order valence-electron chi connectivity index (χ3n) is 5.43. The van der Waals surface area contributed by atoms with Crippen molar-refractivity contribution in [1.29, 1.82) is 0 Å². The lowest BCUT2D eigenvalue weighted by Gasteiger charge is -2.06. The Morgan fingerprint density at radius 1 is 1.29 bits per heavy atom. The number of ether oxygens (including phenoxy) is 1. The number of aromatic nitrogens is 1. The van der Waals surface area contributed by atoms with Gasteiger partial charge in [0.2, 0.25) is 5.88 Å². The molecule has 2 aromatic heterocycles. The highest BCUT2D eigenvalue weighted by atomic mass is 16.5. The van der Waals surface area contributed by atoms with Crippen molar-refractivity contribution >= 4 is 35.5 Å². The molecular formula is C24H21N3O4. The summed E-state index contributed by atoms with van der Waals surface area (Å²) in [4.78, 5) is 21.0. The summed E-state index contributed by atoms with van der Waals surface area (Å²) >= 11 is 0. The number of allylic oxidation sites excluding steroid dienone is 1. The van der Waals surface area contributed by atoms with Gasteiger partial charge in [0.1, 0.15) is 0 Å². The van der Waals surface area contributed by atoms with Crippen molar-refractivity contribution < 1.29 is 19.1 Å². The molecule has 1 aliphatic carbocycles. The van der Waals surface area contributed by atoms with Crippen LogP contribution in [0.15, 0.2) is 58.1 Å². The molecule has 2 aliphatic rings. The fourth-order valence-corrected chi connectivity index (χ4v) is 3.81. The number of benzene rings is 1. The van der Waals surface area contributed by atoms with Crippen LogP contribution in [-0.4, -0.2) is 34.9 Å². The zero-order chi connectivity index (χ0) is 21.4. The van der Waals surface area contributed by atoms with Crippen LogP contribution < -0.4 is 5.32 Å². The molecule has 0 spiro atoms. The molecular weight excluding hydrogens is 394 g/mol. The van der Waals surface area contributed by atoms with Gasteiger partial charge in [-0.2, -0.15) is 0 Å². The van der Waals surface area contributed by atoms with Crippen molar-refractivity contribution in [1.82, 2.24) is 4.98 Å². The van der Waals surface area contributed by atoms with Gasteiger partial charge in [0, 0.05) is 35.5 Å². The highest BCUT2D eigenvalue weighted by Gasteiger charge is 2.40. The first-order valence-electron chi connectivity index (χ1n) is 10.2. The van der Waals surface area contributed by atoms with Crippen molar-refractivity contribution in [2.75, 3.05) is 11.9 Å². The van der Waals surface area contributed by atoms with Gasteiger partial charge in [-0.1, -0.05) is 30.3 Å². The maximum absolute atomic E-state index is 12.5. The van der Waals surface area contributed by atoms with E-state index in [4.69, 9.17) is 9.15 Å². The lowest BCUT2D eigenvalue weighted by Crippen LogP contribution is -2.10. The number of nitrogens with zero attached hydrogens (tertiary/aromatic N) is 2. The van der Waals surface area contributed by atoms with E-state index in [2.05, 4.69) is 27.4 Å². The first kappa shape index (κ1) is 19.1. The molecule has 1 aromatic carbocycles. The number of carbonyl (C=O) groups is 1. The molecule has 2 atom stereocenters. The lowest BCUT2D eigenvalue weighted by atomic mass is 10.1. The quantitative estimate of drug-likeness (QED) is 0.562. The standard InChI is InChI=1S/C24H21N3O4/c1-2-30-24(29)20-21(28)19(11-15-13-26-22-16(15)9-6-10-25-22)31-23(20)27-18-12-17(18)14-7-4-3-5-8-14/h3-11,13,17-18,27-28H,2,12H2,1H3/t17-,18+/m0/s1. The molecule has 1 saturated carbocycles. The summed E-state index contributed by atoms with van der Waals surface area (Å²) in [5.74, 6) is 0.428. The second-order valence-corrected chi connectivity index (χ2v) is 7.48. The third kappa shape index (κ3) is 3.59. The summed E-state index contributed by atoms with van der Waals surface area (Å²) in [6.45, 7) is 1.91. The number of aromatic hydroxyl groups is 1. The minimum atomic E-state index is -0.630. The van der Waals surface area contributed by atoms with Crippen LogP contribution in [0.2, 0.25) is 0 Å². The molecule has 3 heterocycles. The van der Waals surface area contributed by atoms with E-state index < -0.39 is 5.97 Å². The normalized spacial score (nSPS) is 20.0. The maximum Gasteiger partial charge on any atom is 0.347 e. The number of hydrogen-bond acceptors (Lipinski definition) is 7. The van der Waals surface area contributed by atoms with Gasteiger partial charge in [0.15, 0.2) is 22.9 Å². The van der Waals surface area contributed by atoms with E-state index in [1.165, 1.54) is 5.56 Å². The molecule has 1 fully saturated rings. The number of furan rings is 1. The number of fused-ring (bicyclic) bond motifs is 1. The lowest BCUT2D eigenvalue weighted by molar-refractivity contribution is 0.0524. The van der Waals surface area contributed by atoms with Crippen LogP contribution in [0.5, 0.6) is 5.75 Å². The van der Waals surface area contributed by atoms with E-state index in [1.54, 1.807) is 25.4 Å². The SMILES string of the molecule is CCOC(=O)c1c(N[C@@H]2C[C@H]2c2ccccc2)oc(C=C2C=Nc3ncccc32)c1O. The number of rotatable bonds is 6. The molecule has 0 bridgehead atoms. The molecule has 7 nitrogen and oxygen atoms in total. The zero-order valence-electron chi connectivity index (χ0n) is 16.9. The molecule has 5 rings (SSSR count). The average Bonchev–Trinajstić information content (AvgIpc) is 3.33. The van der Waals surface area contributed by atoms with Crippen molar-refractivity contribution in [2.45, 2.75) is 25.3 Å². The van der Waals surface area contributed by atoms with Crippen LogP contribution in [0.3, 0.4) is 0 Å². The molecule has 31 heavy (non-hydrogen) atoms. The topological polar surface area (TPSA) is 97.0 Å². The predicted molar refractivity (Wildman–Crippen MR) is 118 cm³/mol. The molecule has 0 saturated heterocycles. The monoisotopic (exact) mass is 415 g/mol. The molecule has 0 radical (unpaired) electrons. The third-order valence-corrected chi connectivity index (χ3v) is 5.43. The smallest absolute Gasteiger partial charge is 0.347 e. The minimum Gasteiger partial charge on any atom is -0.504 e. The fraction of sp³-hybridized carbons (Fsp3) is 0.208. The Morgan fingerprint density at radius 3 is 2.94 bits per heavy atom. The van der Waals surface area contributed by atoms with Crippen LogP contribution in [0.1, 0.15) is 46.5 Å². The summed E-state index contributed by atoms with van der Waals surface area (Å²) in [7, 11) is 0. The van der Waals surface area contributed by atoms with E-state index in [0.717, 1.165) is 17.6 Å². The van der Waals surface area contributed by atoms with E-state index in [9.17, 15) is 9.90 Å². The molecule has 1 aliphatic heterocycles. The second-order valence-electron chi connectivity index (χ2n) is 7.48. The number of esters is 1. The summed E-state index contributed by atoms with van der Waals surface area (Å²) in [6.07, 6.45) is 5.89. The number of anilines is 1. The van der Waals surface area contributed by atoms with E-state index in [-0.39, 0.29) is 35.6 Å². The van der Waals surface area contributed by atoms with Gasteiger partial charge in [0.25, 0.3) is 0 Å². The summed E-state index contributed by atoms with van der Waals surface area (Å²) in [5, 5.41) is 14.1. The summed E-state index contributed by atoms with van der Waals surface area (Å²) in [5.41, 5.74) is 2.80. The molecule has 2 N–H and O–H groups in total. The number of pyridine rings is 1. The predicted octanol–water partition coefficient (Wildman–Crippen LogP) is 4.78. The van der Waals surface area contributed by atoms with Crippen molar-refractivity contribution in [2.24, 2.45) is 4.99 Å². The highest BCUT2D eigenvalue weighted by molar-refractivity contribution is 6.21. The Kier molecular flexibility index (Phi) is 4.78. The van der Waals surface area contributed by atoms with Crippen LogP contribution in [0.25, 0.3) is 11.6 Å². The fourth-order valence-electron chi connectivity index (χ4n) is 3.81. The van der Waals surface area contributed by atoms with Gasteiger partial charge in [-0.05, 0) is 37.1 Å². The number of hydrogen-bond donors (Lipinski definition) is 2. The second kappa shape index (κ2) is 7.75. The Balaban J connectivity index is 1.46. The van der Waals surface area contributed by atoms with Crippen molar-refractivity contribution in [3.8, 4) is 5.75 Å². The number of aliphatic imine (C=N–C) groups is 1. The zero-order valence-corrected chi connectivity index (χ0v) is 16.9. The Morgan fingerprint density at radius 2 is 2.13 bits per heavy atom. The molecule has 0 amide bonds. The molecule has 0 unspecified atom stereocenters. The van der Waals surface area contributed by atoms with Gasteiger partial charge < -0.3 is 19.6 Å². The van der Waals surface area contributed by atoms with Gasteiger partial charge in [0.05, 0.1) is 6.61 Å². The van der Waals surface area contributed by atoms with Gasteiger partial charge in [-0.25, -0.2) is 14.8 Å². The van der Waals surface area contributed by atoms with Crippen LogP contribution in [0.4, 0.5) is 11.7 Å². The summed E-state index contributed by atoms with van der Waals surface area (Å²) < 4.78 is 11.1. The Bertz CT molecular complexity index is 1200. The molecule has 156 valence electrons. The van der Waals surface area contributed by atoms with Crippen molar-refractivity contribution in [3.05, 3.63) is 71.1 Å². The van der Waals surface area contributed by atoms with Crippen molar-refractivity contribution in [3.63, 3.8) is 0 Å². The van der Waals surface area contributed by atoms with E-state index >= 15 is 0 Å². The minimum absolute atomic E-state index is 0.00811. The van der Waals surface area contributed by atoms with Crippen LogP contribution >= 0.6 is 0 Å². The molecule has 3 aromatic rings. The first-order valence-corrected chi connectivity index (χ1v) is 10.2. The Hall–Kier alpha value is -3.87. The number of carbonyl (C=O) groups excluding carboxylic acids is 1. The van der Waals surface area contributed by atoms with Gasteiger partial charge in [-0.3, -0.25) is 0 Å². The Labute approximate surface area is 179 Å². The largest absolute Gasteiger partial charge is 0.504 e. The highest BCUT2D eigenvalue weighted by Crippen LogP contribution is 2.45. The molecule has 7 heteroatoms. The maximum atomic E-state index is 12.5. The van der Waals surface area contributed by atoms with Gasteiger partial charge >= 0.3 is 5.97 Å².